The number of nitrogens with two attached hydrogens (primary N) is 1. The van der Waals surface area contributed by atoms with Crippen molar-refractivity contribution in [1.29, 1.82) is 5.26 Å². The van der Waals surface area contributed by atoms with E-state index in [0.717, 1.165) is 25.2 Å². The molecule has 1 aromatic carbocycles. The van der Waals surface area contributed by atoms with E-state index in [1.807, 2.05) is 12.1 Å². The highest BCUT2D eigenvalue weighted by atomic mass is 16.5. The molecular formula is C25H35N3O3. The summed E-state index contributed by atoms with van der Waals surface area (Å²) in [7, 11) is 0. The standard InChI is InChI=1S/C25H35N3O3/c1-5-8-14-28(15-9-6-2)17-19-10-12-20(13-11-19)23-21(16-26)24(27)31-18(4)22(23)25(29)30-7-3/h10-13,23H,5-9,14-15,17,27H2,1-4H3. The van der Waals surface area contributed by atoms with E-state index in [4.69, 9.17) is 15.2 Å². The highest BCUT2D eigenvalue weighted by Gasteiger charge is 2.36. The molecule has 1 aliphatic heterocycles. The summed E-state index contributed by atoms with van der Waals surface area (Å²) in [6, 6.07) is 10.2. The van der Waals surface area contributed by atoms with Crippen LogP contribution in [0.2, 0.25) is 0 Å². The highest BCUT2D eigenvalue weighted by Crippen LogP contribution is 2.39. The Morgan fingerprint density at radius 2 is 1.77 bits per heavy atom. The molecule has 6 nitrogen and oxygen atoms in total. The van der Waals surface area contributed by atoms with Crippen molar-refractivity contribution < 1.29 is 14.3 Å². The van der Waals surface area contributed by atoms with Crippen LogP contribution in [0.4, 0.5) is 0 Å². The third kappa shape index (κ3) is 6.35. The molecule has 0 bridgehead atoms. The minimum atomic E-state index is -0.594. The summed E-state index contributed by atoms with van der Waals surface area (Å²) in [5.41, 5.74) is 8.56. The van der Waals surface area contributed by atoms with E-state index >= 15 is 0 Å². The smallest absolute Gasteiger partial charge is 0.338 e. The van der Waals surface area contributed by atoms with Gasteiger partial charge in [0.05, 0.1) is 18.1 Å². The number of benzene rings is 1. The lowest BCUT2D eigenvalue weighted by molar-refractivity contribution is -0.139. The Labute approximate surface area is 186 Å². The molecule has 2 rings (SSSR count). The van der Waals surface area contributed by atoms with Crippen LogP contribution in [-0.2, 0) is 20.8 Å². The van der Waals surface area contributed by atoms with Gasteiger partial charge in [-0.2, -0.15) is 5.26 Å². The van der Waals surface area contributed by atoms with Crippen molar-refractivity contribution in [1.82, 2.24) is 4.90 Å². The number of nitrogens with zero attached hydrogens (tertiary/aromatic N) is 2. The van der Waals surface area contributed by atoms with Crippen molar-refractivity contribution >= 4 is 5.97 Å². The fourth-order valence-electron chi connectivity index (χ4n) is 3.80. The van der Waals surface area contributed by atoms with E-state index in [2.05, 4.69) is 36.9 Å². The number of carbonyl (C=O) groups excluding carboxylic acids is 1. The molecule has 0 aliphatic carbocycles. The molecule has 0 radical (unpaired) electrons. The fraction of sp³-hybridized carbons (Fsp3) is 0.520. The molecule has 6 heteroatoms. The maximum Gasteiger partial charge on any atom is 0.338 e. The second-order valence-corrected chi connectivity index (χ2v) is 7.84. The molecule has 1 aromatic rings. The minimum absolute atomic E-state index is 0.0347. The zero-order chi connectivity index (χ0) is 22.8. The van der Waals surface area contributed by atoms with Gasteiger partial charge >= 0.3 is 5.97 Å². The third-order valence-electron chi connectivity index (χ3n) is 5.48. The molecule has 168 valence electrons. The van der Waals surface area contributed by atoms with E-state index in [-0.39, 0.29) is 18.1 Å². The van der Waals surface area contributed by atoms with Gasteiger partial charge < -0.3 is 15.2 Å². The van der Waals surface area contributed by atoms with Crippen LogP contribution >= 0.6 is 0 Å². The quantitative estimate of drug-likeness (QED) is 0.516. The number of unbranched alkanes of at least 4 members (excludes halogenated alkanes) is 2. The maximum atomic E-state index is 12.6. The summed E-state index contributed by atoms with van der Waals surface area (Å²) >= 11 is 0. The van der Waals surface area contributed by atoms with E-state index < -0.39 is 11.9 Å². The molecule has 0 aromatic heterocycles. The Morgan fingerprint density at radius 1 is 1.16 bits per heavy atom. The number of hydrogen-bond donors (Lipinski definition) is 1. The van der Waals surface area contributed by atoms with Crippen LogP contribution in [-0.4, -0.2) is 30.6 Å². The van der Waals surface area contributed by atoms with Gasteiger partial charge in [-0.05, 0) is 50.9 Å². The molecule has 0 fully saturated rings. The van der Waals surface area contributed by atoms with Crippen LogP contribution in [0.15, 0.2) is 47.1 Å². The zero-order valence-electron chi connectivity index (χ0n) is 19.2. The highest BCUT2D eigenvalue weighted by molar-refractivity contribution is 5.92. The fourth-order valence-corrected chi connectivity index (χ4v) is 3.80. The Kier molecular flexibility index (Phi) is 9.61. The van der Waals surface area contributed by atoms with Gasteiger partial charge in [-0.15, -0.1) is 0 Å². The summed E-state index contributed by atoms with van der Waals surface area (Å²) in [4.78, 5) is 15.1. The first-order valence-corrected chi connectivity index (χ1v) is 11.2. The topological polar surface area (TPSA) is 88.6 Å². The van der Waals surface area contributed by atoms with Gasteiger partial charge in [-0.1, -0.05) is 51.0 Å². The van der Waals surface area contributed by atoms with E-state index in [1.54, 1.807) is 13.8 Å². The summed E-state index contributed by atoms with van der Waals surface area (Å²) in [6.07, 6.45) is 4.73. The summed E-state index contributed by atoms with van der Waals surface area (Å²) < 4.78 is 10.7. The van der Waals surface area contributed by atoms with Crippen LogP contribution in [0.25, 0.3) is 0 Å². The lowest BCUT2D eigenvalue weighted by Crippen LogP contribution is -2.26. The van der Waals surface area contributed by atoms with Crippen LogP contribution in [0.5, 0.6) is 0 Å². The average molecular weight is 426 g/mol. The number of carbonyl (C=O) groups is 1. The molecule has 0 spiro atoms. The number of allylic oxidation sites excluding steroid dienone is 2. The largest absolute Gasteiger partial charge is 0.463 e. The first-order chi connectivity index (χ1) is 15.0. The number of hydrogen-bond acceptors (Lipinski definition) is 6. The van der Waals surface area contributed by atoms with Crippen molar-refractivity contribution in [3.8, 4) is 6.07 Å². The Morgan fingerprint density at radius 3 is 2.29 bits per heavy atom. The molecular weight excluding hydrogens is 390 g/mol. The van der Waals surface area contributed by atoms with Crippen molar-refractivity contribution in [2.75, 3.05) is 19.7 Å². The van der Waals surface area contributed by atoms with Gasteiger partial charge in [0.25, 0.3) is 0 Å². The molecule has 2 N–H and O–H groups in total. The second kappa shape index (κ2) is 12.2. The molecule has 0 amide bonds. The first-order valence-electron chi connectivity index (χ1n) is 11.2. The van der Waals surface area contributed by atoms with E-state index in [0.29, 0.717) is 11.3 Å². The summed E-state index contributed by atoms with van der Waals surface area (Å²) in [5.74, 6) is -0.676. The van der Waals surface area contributed by atoms with Crippen LogP contribution in [0.3, 0.4) is 0 Å². The molecule has 0 saturated heterocycles. The maximum absolute atomic E-state index is 12.6. The SMILES string of the molecule is CCCCN(CCCC)Cc1ccc(C2C(C#N)=C(N)OC(C)=C2C(=O)OCC)cc1. The Bertz CT molecular complexity index is 842. The Balaban J connectivity index is 2.31. The first kappa shape index (κ1) is 24.5. The van der Waals surface area contributed by atoms with E-state index in [9.17, 15) is 10.1 Å². The van der Waals surface area contributed by atoms with Crippen LogP contribution in [0, 0.1) is 11.3 Å². The number of rotatable bonds is 11. The average Bonchev–Trinajstić information content (AvgIpc) is 2.75. The third-order valence-corrected chi connectivity index (χ3v) is 5.48. The lowest BCUT2D eigenvalue weighted by Gasteiger charge is -2.27. The van der Waals surface area contributed by atoms with Crippen LogP contribution in [0.1, 0.15) is 70.4 Å². The number of esters is 1. The predicted octanol–water partition coefficient (Wildman–Crippen LogP) is 4.73. The molecule has 31 heavy (non-hydrogen) atoms. The van der Waals surface area contributed by atoms with Gasteiger partial charge in [0, 0.05) is 6.54 Å². The second-order valence-electron chi connectivity index (χ2n) is 7.84. The van der Waals surface area contributed by atoms with Gasteiger partial charge in [-0.25, -0.2) is 4.79 Å². The van der Waals surface area contributed by atoms with Crippen molar-refractivity contribution in [2.24, 2.45) is 5.73 Å². The summed E-state index contributed by atoms with van der Waals surface area (Å²) in [6.45, 7) is 11.2. The predicted molar refractivity (Wildman–Crippen MR) is 122 cm³/mol. The normalized spacial score (nSPS) is 16.3. The summed E-state index contributed by atoms with van der Waals surface area (Å²) in [5, 5.41) is 9.70. The van der Waals surface area contributed by atoms with Crippen molar-refractivity contribution in [3.63, 3.8) is 0 Å². The van der Waals surface area contributed by atoms with E-state index in [1.165, 1.54) is 31.2 Å². The monoisotopic (exact) mass is 425 g/mol. The minimum Gasteiger partial charge on any atom is -0.463 e. The van der Waals surface area contributed by atoms with Gasteiger partial charge in [0.1, 0.15) is 17.4 Å². The number of nitriles is 1. The van der Waals surface area contributed by atoms with Gasteiger partial charge in [0.2, 0.25) is 5.88 Å². The van der Waals surface area contributed by atoms with Gasteiger partial charge in [0.15, 0.2) is 0 Å². The number of ether oxygens (including phenoxy) is 2. The van der Waals surface area contributed by atoms with Crippen molar-refractivity contribution in [2.45, 2.75) is 65.8 Å². The Hall–Kier alpha value is -2.78. The van der Waals surface area contributed by atoms with Gasteiger partial charge in [-0.3, -0.25) is 4.90 Å². The van der Waals surface area contributed by atoms with Crippen LogP contribution < -0.4 is 5.73 Å². The lowest BCUT2D eigenvalue weighted by atomic mass is 9.83. The molecule has 0 saturated carbocycles. The van der Waals surface area contributed by atoms with Crippen molar-refractivity contribution in [3.05, 3.63) is 58.2 Å². The molecule has 1 aliphatic rings. The molecule has 1 heterocycles. The zero-order valence-corrected chi connectivity index (χ0v) is 19.2. The molecule has 1 unspecified atom stereocenters. The molecule has 1 atom stereocenters.